The maximum Gasteiger partial charge on any atom is 0.468 e. The summed E-state index contributed by atoms with van der Waals surface area (Å²) in [6, 6.07) is 3.75. The maximum absolute atomic E-state index is 11.2. The highest BCUT2D eigenvalue weighted by Gasteiger charge is 2.54. The molecule has 5 nitrogen and oxygen atoms in total. The summed E-state index contributed by atoms with van der Waals surface area (Å²) in [5.41, 5.74) is 0.686. The Hall–Kier alpha value is -1.40. The van der Waals surface area contributed by atoms with Crippen molar-refractivity contribution in [2.75, 3.05) is 0 Å². The second kappa shape index (κ2) is 5.42. The standard InChI is InChI=1S/C15H22BNO4/c1-10-7-6-8-17-13(10)11(9-12(18)19)16-20-14(2,3)15(4,5)21-16/h6-8,11H,9H2,1-5H3,(H,18,19). The number of carbonyl (C=O) groups is 1. The van der Waals surface area contributed by atoms with Crippen molar-refractivity contribution in [3.63, 3.8) is 0 Å². The van der Waals surface area contributed by atoms with Gasteiger partial charge in [0.15, 0.2) is 0 Å². The Bertz CT molecular complexity index is 528. The van der Waals surface area contributed by atoms with Crippen LogP contribution in [0.25, 0.3) is 0 Å². The number of aryl methyl sites for hydroxylation is 1. The lowest BCUT2D eigenvalue weighted by Crippen LogP contribution is -2.41. The van der Waals surface area contributed by atoms with Crippen LogP contribution in [0.5, 0.6) is 0 Å². The molecule has 2 rings (SSSR count). The summed E-state index contributed by atoms with van der Waals surface area (Å²) in [4.78, 5) is 15.6. The Morgan fingerprint density at radius 2 is 1.90 bits per heavy atom. The summed E-state index contributed by atoms with van der Waals surface area (Å²) in [6.45, 7) is 9.74. The van der Waals surface area contributed by atoms with E-state index in [9.17, 15) is 9.90 Å². The zero-order valence-corrected chi connectivity index (χ0v) is 13.2. The van der Waals surface area contributed by atoms with Gasteiger partial charge >= 0.3 is 13.1 Å². The van der Waals surface area contributed by atoms with Crippen LogP contribution < -0.4 is 0 Å². The van der Waals surface area contributed by atoms with Crippen LogP contribution in [0.2, 0.25) is 0 Å². The molecule has 0 aromatic carbocycles. The molecule has 114 valence electrons. The first-order chi connectivity index (χ1) is 9.64. The summed E-state index contributed by atoms with van der Waals surface area (Å²) in [5, 5.41) is 9.22. The summed E-state index contributed by atoms with van der Waals surface area (Å²) in [7, 11) is -0.611. The van der Waals surface area contributed by atoms with E-state index in [1.807, 2.05) is 46.8 Å². The second-order valence-corrected chi connectivity index (χ2v) is 6.53. The fourth-order valence-electron chi connectivity index (χ4n) is 2.45. The Balaban J connectivity index is 2.35. The predicted octanol–water partition coefficient (Wildman–Crippen LogP) is 2.58. The lowest BCUT2D eigenvalue weighted by atomic mass is 9.67. The van der Waals surface area contributed by atoms with Crippen LogP contribution >= 0.6 is 0 Å². The average molecular weight is 291 g/mol. The van der Waals surface area contributed by atoms with Gasteiger partial charge in [-0.2, -0.15) is 0 Å². The second-order valence-electron chi connectivity index (χ2n) is 6.53. The van der Waals surface area contributed by atoms with Gasteiger partial charge in [-0.05, 0) is 46.2 Å². The van der Waals surface area contributed by atoms with Gasteiger partial charge in [0.05, 0.1) is 17.6 Å². The molecule has 1 unspecified atom stereocenters. The first-order valence-electron chi connectivity index (χ1n) is 7.13. The van der Waals surface area contributed by atoms with Gasteiger partial charge in [-0.1, -0.05) is 6.07 Å². The number of carboxylic acid groups (broad SMARTS) is 1. The molecule has 21 heavy (non-hydrogen) atoms. The molecule has 1 aliphatic rings. The largest absolute Gasteiger partial charge is 0.481 e. The third-order valence-corrected chi connectivity index (χ3v) is 4.40. The van der Waals surface area contributed by atoms with Crippen molar-refractivity contribution in [3.8, 4) is 0 Å². The Morgan fingerprint density at radius 1 is 1.33 bits per heavy atom. The quantitative estimate of drug-likeness (QED) is 0.863. The zero-order valence-electron chi connectivity index (χ0n) is 13.2. The van der Waals surface area contributed by atoms with E-state index in [4.69, 9.17) is 9.31 Å². The van der Waals surface area contributed by atoms with Gasteiger partial charge in [-0.25, -0.2) is 0 Å². The lowest BCUT2D eigenvalue weighted by molar-refractivity contribution is -0.137. The van der Waals surface area contributed by atoms with E-state index in [1.54, 1.807) is 6.20 Å². The smallest absolute Gasteiger partial charge is 0.468 e. The van der Waals surface area contributed by atoms with E-state index in [-0.39, 0.29) is 6.42 Å². The SMILES string of the molecule is Cc1cccnc1C(CC(=O)O)B1OC(C)(C)C(C)(C)O1. The van der Waals surface area contributed by atoms with E-state index < -0.39 is 30.1 Å². The summed E-state index contributed by atoms with van der Waals surface area (Å²) in [5.74, 6) is -1.32. The maximum atomic E-state index is 11.2. The number of pyridine rings is 1. The molecule has 0 amide bonds. The Kier molecular flexibility index (Phi) is 4.13. The number of hydrogen-bond donors (Lipinski definition) is 1. The van der Waals surface area contributed by atoms with Crippen LogP contribution in [0.3, 0.4) is 0 Å². The Morgan fingerprint density at radius 3 is 2.38 bits per heavy atom. The number of rotatable bonds is 4. The van der Waals surface area contributed by atoms with Crippen molar-refractivity contribution in [1.29, 1.82) is 0 Å². The van der Waals surface area contributed by atoms with Crippen LogP contribution in [0.1, 0.15) is 51.2 Å². The number of nitrogens with zero attached hydrogens (tertiary/aromatic N) is 1. The minimum absolute atomic E-state index is 0.0747. The van der Waals surface area contributed by atoms with Crippen molar-refractivity contribution in [1.82, 2.24) is 4.98 Å². The highest BCUT2D eigenvalue weighted by molar-refractivity contribution is 6.48. The normalized spacial score (nSPS) is 21.3. The molecule has 0 saturated carbocycles. The highest BCUT2D eigenvalue weighted by atomic mass is 16.7. The molecule has 1 N–H and O–H groups in total. The van der Waals surface area contributed by atoms with Gasteiger partial charge < -0.3 is 14.4 Å². The molecular weight excluding hydrogens is 269 g/mol. The summed E-state index contributed by atoms with van der Waals surface area (Å²) < 4.78 is 12.0. The third kappa shape index (κ3) is 3.11. The van der Waals surface area contributed by atoms with E-state index in [0.29, 0.717) is 0 Å². The number of hydrogen-bond acceptors (Lipinski definition) is 4. The fraction of sp³-hybridized carbons (Fsp3) is 0.600. The molecule has 1 saturated heterocycles. The summed E-state index contributed by atoms with van der Waals surface area (Å²) in [6.07, 6.45) is 1.59. The number of aromatic nitrogens is 1. The highest BCUT2D eigenvalue weighted by Crippen LogP contribution is 2.41. The van der Waals surface area contributed by atoms with Crippen molar-refractivity contribution in [3.05, 3.63) is 29.6 Å². The van der Waals surface area contributed by atoms with Gasteiger partial charge in [-0.15, -0.1) is 0 Å². The molecule has 0 aliphatic carbocycles. The first kappa shape index (κ1) is 16.0. The first-order valence-corrected chi connectivity index (χ1v) is 7.13. The van der Waals surface area contributed by atoms with E-state index in [0.717, 1.165) is 11.3 Å². The molecule has 6 heteroatoms. The van der Waals surface area contributed by atoms with Gasteiger partial charge in [0, 0.05) is 17.7 Å². The van der Waals surface area contributed by atoms with E-state index >= 15 is 0 Å². The van der Waals surface area contributed by atoms with Crippen LogP contribution in [0.15, 0.2) is 18.3 Å². The van der Waals surface area contributed by atoms with Gasteiger partial charge in [0.25, 0.3) is 0 Å². The number of aliphatic carboxylic acids is 1. The predicted molar refractivity (Wildman–Crippen MR) is 80.0 cm³/mol. The van der Waals surface area contributed by atoms with Gasteiger partial charge in [-0.3, -0.25) is 9.78 Å². The van der Waals surface area contributed by atoms with E-state index in [1.165, 1.54) is 0 Å². The lowest BCUT2D eigenvalue weighted by Gasteiger charge is -2.32. The average Bonchev–Trinajstić information content (AvgIpc) is 2.56. The molecule has 1 atom stereocenters. The molecule has 0 spiro atoms. The topological polar surface area (TPSA) is 68.7 Å². The van der Waals surface area contributed by atoms with Gasteiger partial charge in [0.2, 0.25) is 0 Å². The van der Waals surface area contributed by atoms with E-state index in [2.05, 4.69) is 4.98 Å². The number of carboxylic acids is 1. The molecule has 0 bridgehead atoms. The van der Waals surface area contributed by atoms with Crippen LogP contribution in [0.4, 0.5) is 0 Å². The molecule has 1 aromatic rings. The Labute approximate surface area is 125 Å². The zero-order chi connectivity index (χ0) is 15.8. The van der Waals surface area contributed by atoms with Crippen molar-refractivity contribution in [2.24, 2.45) is 0 Å². The van der Waals surface area contributed by atoms with Crippen LogP contribution in [0, 0.1) is 6.92 Å². The fourth-order valence-corrected chi connectivity index (χ4v) is 2.45. The van der Waals surface area contributed by atoms with Crippen molar-refractivity contribution in [2.45, 2.75) is 58.1 Å². The monoisotopic (exact) mass is 291 g/mol. The molecule has 1 aromatic heterocycles. The van der Waals surface area contributed by atoms with Gasteiger partial charge in [0.1, 0.15) is 0 Å². The third-order valence-electron chi connectivity index (χ3n) is 4.40. The molecule has 1 aliphatic heterocycles. The van der Waals surface area contributed by atoms with Crippen molar-refractivity contribution < 1.29 is 19.2 Å². The molecule has 1 fully saturated rings. The molecule has 0 radical (unpaired) electrons. The van der Waals surface area contributed by atoms with Crippen molar-refractivity contribution >= 4 is 13.1 Å². The summed E-state index contributed by atoms with van der Waals surface area (Å²) >= 11 is 0. The minimum Gasteiger partial charge on any atom is -0.481 e. The van der Waals surface area contributed by atoms with Crippen LogP contribution in [-0.2, 0) is 14.1 Å². The van der Waals surface area contributed by atoms with Crippen LogP contribution in [-0.4, -0.2) is 34.4 Å². The minimum atomic E-state index is -0.889. The molecule has 2 heterocycles. The molecular formula is C15H22BNO4.